The number of hydrogen-bond donors (Lipinski definition) is 1. The number of amides is 1. The summed E-state index contributed by atoms with van der Waals surface area (Å²) in [6.45, 7) is 6.77. The Morgan fingerprint density at radius 1 is 1.14 bits per heavy atom. The van der Waals surface area contributed by atoms with Crippen molar-refractivity contribution in [2.45, 2.75) is 57.4 Å². The van der Waals surface area contributed by atoms with Crippen LogP contribution in [0.1, 0.15) is 46.0 Å². The first-order chi connectivity index (χ1) is 13.4. The second kappa shape index (κ2) is 9.09. The van der Waals surface area contributed by atoms with Gasteiger partial charge in [0.1, 0.15) is 0 Å². The second-order valence-corrected chi connectivity index (χ2v) is 9.91. The fraction of sp³-hybridized carbons (Fsp3) is 0.571. The molecule has 6 nitrogen and oxygen atoms in total. The standard InChI is InChI=1S/C21H31N3O3S/c1-17(2)8-11-22-21(25)10-15-23-14-9-18-16-19(6-7-20(18)23)28(26,27)24-12-4-3-5-13-24/h6-7,9,14,16-17H,3-5,8,10-13,15H2,1-2H3,(H,22,25). The SMILES string of the molecule is CC(C)CCNC(=O)CCn1ccc2cc(S(=O)(=O)N3CCCCC3)ccc21. The number of piperidine rings is 1. The van der Waals surface area contributed by atoms with Crippen molar-refractivity contribution in [1.29, 1.82) is 0 Å². The Morgan fingerprint density at radius 3 is 2.61 bits per heavy atom. The maximum absolute atomic E-state index is 12.9. The largest absolute Gasteiger partial charge is 0.356 e. The van der Waals surface area contributed by atoms with Crippen LogP contribution >= 0.6 is 0 Å². The molecule has 0 spiro atoms. The lowest BCUT2D eigenvalue weighted by atomic mass is 10.1. The number of carbonyl (C=O) groups is 1. The topological polar surface area (TPSA) is 71.4 Å². The predicted molar refractivity (Wildman–Crippen MR) is 112 cm³/mol. The summed E-state index contributed by atoms with van der Waals surface area (Å²) in [5.74, 6) is 0.621. The Bertz CT molecular complexity index is 912. The second-order valence-electron chi connectivity index (χ2n) is 7.98. The van der Waals surface area contributed by atoms with Crippen LogP contribution in [0.5, 0.6) is 0 Å². The average molecular weight is 406 g/mol. The van der Waals surface area contributed by atoms with E-state index < -0.39 is 10.0 Å². The van der Waals surface area contributed by atoms with Gasteiger partial charge in [0.25, 0.3) is 0 Å². The fourth-order valence-electron chi connectivity index (χ4n) is 3.60. The van der Waals surface area contributed by atoms with E-state index in [9.17, 15) is 13.2 Å². The van der Waals surface area contributed by atoms with Gasteiger partial charge >= 0.3 is 0 Å². The zero-order chi connectivity index (χ0) is 20.1. The van der Waals surface area contributed by atoms with Gasteiger partial charge in [-0.15, -0.1) is 0 Å². The molecule has 1 N–H and O–H groups in total. The minimum absolute atomic E-state index is 0.0480. The van der Waals surface area contributed by atoms with Crippen LogP contribution in [0.2, 0.25) is 0 Å². The van der Waals surface area contributed by atoms with Gasteiger partial charge < -0.3 is 9.88 Å². The molecule has 3 rings (SSSR count). The van der Waals surface area contributed by atoms with Crippen molar-refractivity contribution in [3.05, 3.63) is 30.5 Å². The summed E-state index contributed by atoms with van der Waals surface area (Å²) in [6.07, 6.45) is 6.26. The molecule has 1 aromatic heterocycles. The average Bonchev–Trinajstić information content (AvgIpc) is 3.09. The first-order valence-electron chi connectivity index (χ1n) is 10.2. The smallest absolute Gasteiger partial charge is 0.243 e. The summed E-state index contributed by atoms with van der Waals surface area (Å²) in [5.41, 5.74) is 0.951. The van der Waals surface area contributed by atoms with Crippen LogP contribution in [-0.4, -0.2) is 42.8 Å². The Balaban J connectivity index is 1.66. The Kier molecular flexibility index (Phi) is 6.78. The highest BCUT2D eigenvalue weighted by atomic mass is 32.2. The van der Waals surface area contributed by atoms with Gasteiger partial charge in [0, 0.05) is 49.7 Å². The van der Waals surface area contributed by atoms with E-state index in [2.05, 4.69) is 19.2 Å². The highest BCUT2D eigenvalue weighted by Gasteiger charge is 2.26. The van der Waals surface area contributed by atoms with Crippen LogP contribution in [0.3, 0.4) is 0 Å². The molecule has 0 saturated carbocycles. The number of nitrogens with one attached hydrogen (secondary N) is 1. The quantitative estimate of drug-likeness (QED) is 0.732. The Morgan fingerprint density at radius 2 is 1.89 bits per heavy atom. The third kappa shape index (κ3) is 4.94. The summed E-state index contributed by atoms with van der Waals surface area (Å²) in [6, 6.07) is 7.20. The lowest BCUT2D eigenvalue weighted by molar-refractivity contribution is -0.121. The van der Waals surface area contributed by atoms with Crippen LogP contribution < -0.4 is 5.32 Å². The highest BCUT2D eigenvalue weighted by Crippen LogP contribution is 2.25. The van der Waals surface area contributed by atoms with Gasteiger partial charge in [-0.05, 0) is 49.4 Å². The van der Waals surface area contributed by atoms with E-state index in [-0.39, 0.29) is 5.91 Å². The normalized spacial score (nSPS) is 16.0. The van der Waals surface area contributed by atoms with E-state index in [1.165, 1.54) is 0 Å². The lowest BCUT2D eigenvalue weighted by Gasteiger charge is -2.25. The molecule has 1 aromatic carbocycles. The summed E-state index contributed by atoms with van der Waals surface area (Å²) in [4.78, 5) is 12.4. The van der Waals surface area contributed by atoms with E-state index in [1.54, 1.807) is 16.4 Å². The molecule has 28 heavy (non-hydrogen) atoms. The van der Waals surface area contributed by atoms with Crippen LogP contribution in [0, 0.1) is 5.92 Å². The molecule has 2 heterocycles. The Labute approximate surface area is 168 Å². The fourth-order valence-corrected chi connectivity index (χ4v) is 5.15. The molecule has 1 saturated heterocycles. The van der Waals surface area contributed by atoms with E-state index in [0.717, 1.165) is 36.6 Å². The van der Waals surface area contributed by atoms with Gasteiger partial charge in [-0.2, -0.15) is 4.31 Å². The number of hydrogen-bond acceptors (Lipinski definition) is 3. The number of nitrogens with zero attached hydrogens (tertiary/aromatic N) is 2. The molecule has 1 fully saturated rings. The van der Waals surface area contributed by atoms with Crippen molar-refractivity contribution in [2.24, 2.45) is 5.92 Å². The van der Waals surface area contributed by atoms with Crippen LogP contribution in [0.15, 0.2) is 35.4 Å². The molecule has 1 aliphatic heterocycles. The number of sulfonamides is 1. The maximum atomic E-state index is 12.9. The van der Waals surface area contributed by atoms with Gasteiger partial charge in [0.05, 0.1) is 4.90 Å². The van der Waals surface area contributed by atoms with Gasteiger partial charge in [-0.25, -0.2) is 8.42 Å². The molecular weight excluding hydrogens is 374 g/mol. The minimum atomic E-state index is -3.43. The molecule has 2 aromatic rings. The zero-order valence-corrected chi connectivity index (χ0v) is 17.7. The van der Waals surface area contributed by atoms with Crippen molar-refractivity contribution in [3.63, 3.8) is 0 Å². The number of fused-ring (bicyclic) bond motifs is 1. The zero-order valence-electron chi connectivity index (χ0n) is 16.9. The number of benzene rings is 1. The number of aryl methyl sites for hydroxylation is 1. The van der Waals surface area contributed by atoms with Gasteiger partial charge in [0.2, 0.25) is 15.9 Å². The summed E-state index contributed by atoms with van der Waals surface area (Å²) in [7, 11) is -3.43. The molecule has 7 heteroatoms. The third-order valence-electron chi connectivity index (χ3n) is 5.32. The first kappa shape index (κ1) is 20.9. The molecule has 0 unspecified atom stereocenters. The number of rotatable bonds is 8. The molecule has 0 radical (unpaired) electrons. The minimum Gasteiger partial charge on any atom is -0.356 e. The lowest BCUT2D eigenvalue weighted by Crippen LogP contribution is -2.35. The predicted octanol–water partition coefficient (Wildman–Crippen LogP) is 3.37. The molecule has 0 aliphatic carbocycles. The van der Waals surface area contributed by atoms with Crippen molar-refractivity contribution in [1.82, 2.24) is 14.2 Å². The molecule has 0 atom stereocenters. The molecular formula is C21H31N3O3S. The molecule has 154 valence electrons. The number of aromatic nitrogens is 1. The van der Waals surface area contributed by atoms with Gasteiger partial charge in [-0.3, -0.25) is 4.79 Å². The van der Waals surface area contributed by atoms with Crippen LogP contribution in [-0.2, 0) is 21.4 Å². The summed E-state index contributed by atoms with van der Waals surface area (Å²) < 4.78 is 29.3. The van der Waals surface area contributed by atoms with E-state index >= 15 is 0 Å². The van der Waals surface area contributed by atoms with Crippen molar-refractivity contribution in [3.8, 4) is 0 Å². The number of carbonyl (C=O) groups excluding carboxylic acids is 1. The van der Waals surface area contributed by atoms with Gasteiger partial charge in [-0.1, -0.05) is 20.3 Å². The van der Waals surface area contributed by atoms with Crippen molar-refractivity contribution in [2.75, 3.05) is 19.6 Å². The molecule has 0 bridgehead atoms. The first-order valence-corrected chi connectivity index (χ1v) is 11.7. The van der Waals surface area contributed by atoms with E-state index in [1.807, 2.05) is 22.9 Å². The molecule has 1 amide bonds. The summed E-state index contributed by atoms with van der Waals surface area (Å²) >= 11 is 0. The molecule has 1 aliphatic rings. The highest BCUT2D eigenvalue weighted by molar-refractivity contribution is 7.89. The maximum Gasteiger partial charge on any atom is 0.243 e. The van der Waals surface area contributed by atoms with E-state index in [4.69, 9.17) is 0 Å². The monoisotopic (exact) mass is 405 g/mol. The Hall–Kier alpha value is -1.86. The van der Waals surface area contributed by atoms with Crippen LogP contribution in [0.4, 0.5) is 0 Å². The van der Waals surface area contributed by atoms with Gasteiger partial charge in [0.15, 0.2) is 0 Å². The summed E-state index contributed by atoms with van der Waals surface area (Å²) in [5, 5.41) is 3.84. The third-order valence-corrected chi connectivity index (χ3v) is 7.21. The van der Waals surface area contributed by atoms with E-state index in [0.29, 0.717) is 43.4 Å². The van der Waals surface area contributed by atoms with Crippen molar-refractivity contribution >= 4 is 26.8 Å². The van der Waals surface area contributed by atoms with Crippen LogP contribution in [0.25, 0.3) is 10.9 Å². The van der Waals surface area contributed by atoms with Crippen molar-refractivity contribution < 1.29 is 13.2 Å².